The summed E-state index contributed by atoms with van der Waals surface area (Å²) in [7, 11) is 1.63. The lowest BCUT2D eigenvalue weighted by atomic mass is 9.96. The van der Waals surface area contributed by atoms with Crippen LogP contribution in [0.5, 0.6) is 5.75 Å². The summed E-state index contributed by atoms with van der Waals surface area (Å²) in [6.45, 7) is 4.70. The largest absolute Gasteiger partial charge is 0.496 e. The summed E-state index contributed by atoms with van der Waals surface area (Å²) in [6.07, 6.45) is 0. The van der Waals surface area contributed by atoms with E-state index in [9.17, 15) is 4.39 Å². The zero-order valence-corrected chi connectivity index (χ0v) is 14.0. The summed E-state index contributed by atoms with van der Waals surface area (Å²) < 4.78 is 20.6. The molecule has 0 saturated heterocycles. The number of hydrogen-bond donors (Lipinski definition) is 1. The Morgan fingerprint density at radius 3 is 2.62 bits per heavy atom. The summed E-state index contributed by atoms with van der Waals surface area (Å²) >= 11 is 3.43. The summed E-state index contributed by atoms with van der Waals surface area (Å²) in [6, 6.07) is 10.7. The lowest BCUT2D eigenvalue weighted by molar-refractivity contribution is 0.403. The third-order valence-electron chi connectivity index (χ3n) is 3.38. The molecule has 0 aliphatic carbocycles. The number of rotatable bonds is 5. The molecule has 0 saturated carbocycles. The fourth-order valence-electron chi connectivity index (χ4n) is 2.40. The second-order valence-corrected chi connectivity index (χ2v) is 5.82. The second-order valence-electron chi connectivity index (χ2n) is 4.90. The van der Waals surface area contributed by atoms with Crippen LogP contribution >= 0.6 is 15.9 Å². The molecule has 1 atom stereocenters. The van der Waals surface area contributed by atoms with E-state index in [4.69, 9.17) is 4.74 Å². The third kappa shape index (κ3) is 3.63. The van der Waals surface area contributed by atoms with Crippen LogP contribution in [0, 0.1) is 12.7 Å². The maximum absolute atomic E-state index is 14.3. The van der Waals surface area contributed by atoms with E-state index in [1.807, 2.05) is 38.1 Å². The summed E-state index contributed by atoms with van der Waals surface area (Å²) in [4.78, 5) is 0. The molecule has 112 valence electrons. The van der Waals surface area contributed by atoms with Crippen LogP contribution in [0.1, 0.15) is 29.7 Å². The van der Waals surface area contributed by atoms with Crippen molar-refractivity contribution in [3.8, 4) is 5.75 Å². The third-order valence-corrected chi connectivity index (χ3v) is 3.87. The number of aryl methyl sites for hydroxylation is 1. The standard InChI is InChI=1S/C17H19BrFNO/c1-4-20-17(14-9-11(2)5-8-15(14)19)13-7-6-12(18)10-16(13)21-3/h5-10,17,20H,4H2,1-3H3. The van der Waals surface area contributed by atoms with Gasteiger partial charge in [0.2, 0.25) is 0 Å². The van der Waals surface area contributed by atoms with Crippen molar-refractivity contribution < 1.29 is 9.13 Å². The first-order valence-corrected chi connectivity index (χ1v) is 7.69. The molecule has 1 unspecified atom stereocenters. The molecule has 0 aliphatic rings. The van der Waals surface area contributed by atoms with Crippen molar-refractivity contribution in [3.63, 3.8) is 0 Å². The van der Waals surface area contributed by atoms with Gasteiger partial charge in [-0.3, -0.25) is 0 Å². The average molecular weight is 352 g/mol. The minimum Gasteiger partial charge on any atom is -0.496 e. The van der Waals surface area contributed by atoms with Crippen LogP contribution in [-0.4, -0.2) is 13.7 Å². The van der Waals surface area contributed by atoms with E-state index in [0.717, 1.165) is 27.9 Å². The number of halogens is 2. The molecule has 2 nitrogen and oxygen atoms in total. The smallest absolute Gasteiger partial charge is 0.128 e. The van der Waals surface area contributed by atoms with Gasteiger partial charge in [-0.15, -0.1) is 0 Å². The summed E-state index contributed by atoms with van der Waals surface area (Å²) in [5.74, 6) is 0.521. The van der Waals surface area contributed by atoms with Crippen molar-refractivity contribution >= 4 is 15.9 Å². The molecule has 0 heterocycles. The molecule has 2 aromatic rings. The normalized spacial score (nSPS) is 12.2. The summed E-state index contributed by atoms with van der Waals surface area (Å²) in [5, 5.41) is 3.34. The molecule has 4 heteroatoms. The van der Waals surface area contributed by atoms with E-state index in [0.29, 0.717) is 5.56 Å². The van der Waals surface area contributed by atoms with E-state index >= 15 is 0 Å². The second kappa shape index (κ2) is 7.05. The van der Waals surface area contributed by atoms with Crippen molar-refractivity contribution in [1.29, 1.82) is 0 Å². The zero-order valence-electron chi connectivity index (χ0n) is 12.4. The van der Waals surface area contributed by atoms with Gasteiger partial charge in [-0.05, 0) is 31.7 Å². The van der Waals surface area contributed by atoms with Gasteiger partial charge in [0, 0.05) is 15.6 Å². The number of benzene rings is 2. The first-order valence-electron chi connectivity index (χ1n) is 6.89. The van der Waals surface area contributed by atoms with Gasteiger partial charge in [0.15, 0.2) is 0 Å². The quantitative estimate of drug-likeness (QED) is 0.849. The fourth-order valence-corrected chi connectivity index (χ4v) is 2.74. The van der Waals surface area contributed by atoms with Gasteiger partial charge in [-0.25, -0.2) is 4.39 Å². The van der Waals surface area contributed by atoms with Gasteiger partial charge in [-0.1, -0.05) is 46.6 Å². The minimum absolute atomic E-state index is 0.212. The van der Waals surface area contributed by atoms with Crippen LogP contribution < -0.4 is 10.1 Å². The monoisotopic (exact) mass is 351 g/mol. The Morgan fingerprint density at radius 2 is 1.95 bits per heavy atom. The maximum atomic E-state index is 14.3. The Morgan fingerprint density at radius 1 is 1.19 bits per heavy atom. The van der Waals surface area contributed by atoms with Gasteiger partial charge in [-0.2, -0.15) is 0 Å². The minimum atomic E-state index is -0.238. The lowest BCUT2D eigenvalue weighted by Gasteiger charge is -2.22. The zero-order chi connectivity index (χ0) is 15.4. The Balaban J connectivity index is 2.55. The Labute approximate surface area is 133 Å². The number of ether oxygens (including phenoxy) is 1. The number of hydrogen-bond acceptors (Lipinski definition) is 2. The van der Waals surface area contributed by atoms with Crippen molar-refractivity contribution in [3.05, 3.63) is 63.4 Å². The first kappa shape index (κ1) is 16.0. The van der Waals surface area contributed by atoms with Crippen molar-refractivity contribution in [2.45, 2.75) is 19.9 Å². The van der Waals surface area contributed by atoms with Gasteiger partial charge in [0.1, 0.15) is 11.6 Å². The summed E-state index contributed by atoms with van der Waals surface area (Å²) in [5.41, 5.74) is 2.59. The molecular formula is C17H19BrFNO. The molecule has 21 heavy (non-hydrogen) atoms. The highest BCUT2D eigenvalue weighted by Crippen LogP contribution is 2.33. The van der Waals surface area contributed by atoms with Crippen LogP contribution in [0.4, 0.5) is 4.39 Å². The predicted octanol–water partition coefficient (Wildman–Crippen LogP) is 4.60. The van der Waals surface area contributed by atoms with Crippen LogP contribution in [0.2, 0.25) is 0 Å². The lowest BCUT2D eigenvalue weighted by Crippen LogP contribution is -2.23. The highest BCUT2D eigenvalue weighted by atomic mass is 79.9. The number of methoxy groups -OCH3 is 1. The highest BCUT2D eigenvalue weighted by molar-refractivity contribution is 9.10. The van der Waals surface area contributed by atoms with Gasteiger partial charge >= 0.3 is 0 Å². The van der Waals surface area contributed by atoms with Crippen molar-refractivity contribution in [1.82, 2.24) is 5.32 Å². The maximum Gasteiger partial charge on any atom is 0.128 e. The average Bonchev–Trinajstić information content (AvgIpc) is 2.48. The van der Waals surface area contributed by atoms with Crippen LogP contribution in [0.3, 0.4) is 0 Å². The van der Waals surface area contributed by atoms with E-state index in [1.165, 1.54) is 6.07 Å². The molecular weight excluding hydrogens is 333 g/mol. The first-order chi connectivity index (χ1) is 10.1. The molecule has 0 aliphatic heterocycles. The Hall–Kier alpha value is -1.39. The molecule has 0 aromatic heterocycles. The Bertz CT molecular complexity index is 630. The van der Waals surface area contributed by atoms with E-state index < -0.39 is 0 Å². The molecule has 0 radical (unpaired) electrons. The fraction of sp³-hybridized carbons (Fsp3) is 0.294. The highest BCUT2D eigenvalue weighted by Gasteiger charge is 2.20. The van der Waals surface area contributed by atoms with E-state index in [-0.39, 0.29) is 11.9 Å². The molecule has 0 spiro atoms. The van der Waals surface area contributed by atoms with Crippen LogP contribution in [-0.2, 0) is 0 Å². The van der Waals surface area contributed by atoms with Crippen LogP contribution in [0.25, 0.3) is 0 Å². The predicted molar refractivity (Wildman–Crippen MR) is 87.4 cm³/mol. The van der Waals surface area contributed by atoms with Gasteiger partial charge in [0.25, 0.3) is 0 Å². The molecule has 0 amide bonds. The SMILES string of the molecule is CCNC(c1cc(C)ccc1F)c1ccc(Br)cc1OC. The van der Waals surface area contributed by atoms with Crippen molar-refractivity contribution in [2.75, 3.05) is 13.7 Å². The van der Waals surface area contributed by atoms with E-state index in [1.54, 1.807) is 13.2 Å². The molecule has 2 rings (SSSR count). The molecule has 2 aromatic carbocycles. The molecule has 1 N–H and O–H groups in total. The van der Waals surface area contributed by atoms with E-state index in [2.05, 4.69) is 21.2 Å². The molecule has 0 bridgehead atoms. The van der Waals surface area contributed by atoms with Gasteiger partial charge < -0.3 is 10.1 Å². The van der Waals surface area contributed by atoms with Gasteiger partial charge in [0.05, 0.1) is 13.2 Å². The van der Waals surface area contributed by atoms with Crippen LogP contribution in [0.15, 0.2) is 40.9 Å². The topological polar surface area (TPSA) is 21.3 Å². The Kier molecular flexibility index (Phi) is 5.37. The number of nitrogens with one attached hydrogen (secondary N) is 1. The van der Waals surface area contributed by atoms with Crippen molar-refractivity contribution in [2.24, 2.45) is 0 Å². The molecule has 0 fully saturated rings.